The Morgan fingerprint density at radius 1 is 1.00 bits per heavy atom. The number of aromatic nitrogens is 1. The third-order valence-electron chi connectivity index (χ3n) is 4.60. The molecule has 0 aliphatic carbocycles. The molecule has 34 heavy (non-hydrogen) atoms. The number of esters is 1. The van der Waals surface area contributed by atoms with E-state index in [0.29, 0.717) is 5.52 Å². The zero-order valence-corrected chi connectivity index (χ0v) is 17.8. The topological polar surface area (TPSA) is 101 Å². The number of ether oxygens (including phenoxy) is 1. The van der Waals surface area contributed by atoms with Crippen molar-refractivity contribution >= 4 is 40.2 Å². The minimum Gasteiger partial charge on any atom is -0.465 e. The summed E-state index contributed by atoms with van der Waals surface area (Å²) in [4.78, 5) is 36.4. The van der Waals surface area contributed by atoms with E-state index in [1.807, 2.05) is 0 Å². The van der Waals surface area contributed by atoms with Crippen LogP contribution in [0.5, 0.6) is 0 Å². The van der Waals surface area contributed by atoms with Gasteiger partial charge in [0.15, 0.2) is 0 Å². The average molecular weight is 480 g/mol. The second-order valence-electron chi connectivity index (χ2n) is 7.03. The molecule has 1 heterocycles. The lowest BCUT2D eigenvalue weighted by molar-refractivity contribution is -0.142. The minimum atomic E-state index is -4.51. The molecule has 2 aromatic carbocycles. The van der Waals surface area contributed by atoms with Crippen molar-refractivity contribution in [3.8, 4) is 0 Å². The first-order valence-corrected chi connectivity index (χ1v) is 10.0. The largest absolute Gasteiger partial charge is 0.465 e. The molecule has 0 radical (unpaired) electrons. The molecule has 0 bridgehead atoms. The van der Waals surface area contributed by atoms with Crippen LogP contribution in [0.1, 0.15) is 17.3 Å². The number of amides is 2. The van der Waals surface area contributed by atoms with Crippen LogP contribution in [0.3, 0.4) is 0 Å². The molecule has 0 saturated carbocycles. The van der Waals surface area contributed by atoms with Crippen LogP contribution >= 0.6 is 0 Å². The van der Waals surface area contributed by atoms with E-state index in [0.717, 1.165) is 36.4 Å². The van der Waals surface area contributed by atoms with E-state index < -0.39 is 35.5 Å². The van der Waals surface area contributed by atoms with Gasteiger partial charge in [-0.1, -0.05) is 0 Å². The zero-order chi connectivity index (χ0) is 24.9. The molecule has 0 fully saturated rings. The highest BCUT2D eigenvalue weighted by molar-refractivity contribution is 6.08. The first kappa shape index (κ1) is 24.7. The van der Waals surface area contributed by atoms with Crippen molar-refractivity contribution < 1.29 is 36.7 Å². The third-order valence-corrected chi connectivity index (χ3v) is 4.60. The maximum atomic E-state index is 13.8. The summed E-state index contributed by atoms with van der Waals surface area (Å²) in [5.41, 5.74) is -0.376. The van der Waals surface area contributed by atoms with Crippen LogP contribution in [0.15, 0.2) is 48.7 Å². The van der Waals surface area contributed by atoms with E-state index in [2.05, 4.69) is 16.0 Å². The van der Waals surface area contributed by atoms with Crippen LogP contribution in [0.4, 0.5) is 33.7 Å². The molecule has 0 saturated heterocycles. The van der Waals surface area contributed by atoms with Crippen LogP contribution in [-0.4, -0.2) is 42.2 Å². The third kappa shape index (κ3) is 6.10. The van der Waals surface area contributed by atoms with Crippen molar-refractivity contribution in [2.45, 2.75) is 13.1 Å². The van der Waals surface area contributed by atoms with Crippen molar-refractivity contribution in [2.24, 2.45) is 0 Å². The van der Waals surface area contributed by atoms with Gasteiger partial charge in [0, 0.05) is 17.3 Å². The first-order chi connectivity index (χ1) is 16.1. The number of anilines is 2. The first-order valence-electron chi connectivity index (χ1n) is 10.0. The fourth-order valence-electron chi connectivity index (χ4n) is 3.10. The number of fused-ring (bicyclic) bond motifs is 1. The Labute approximate surface area is 190 Å². The summed E-state index contributed by atoms with van der Waals surface area (Å²) in [6, 6.07) is 6.62. The second kappa shape index (κ2) is 10.3. The predicted octanol–water partition coefficient (Wildman–Crippen LogP) is 4.24. The zero-order valence-electron chi connectivity index (χ0n) is 17.8. The average Bonchev–Trinajstić information content (AvgIpc) is 3.11. The number of urea groups is 1. The molecule has 0 spiro atoms. The number of halogens is 4. The SMILES string of the molecule is CCOC(=O)CNCC(=O)n1cc(NC(=O)Nc2ccc(C(F)(F)F)cc2)c2cc(F)ccc21. The highest BCUT2D eigenvalue weighted by Crippen LogP contribution is 2.30. The van der Waals surface area contributed by atoms with Gasteiger partial charge in [-0.15, -0.1) is 0 Å². The standard InChI is InChI=1S/C22H20F4N4O4/c1-2-34-20(32)11-27-10-19(31)30-12-17(16-9-14(23)5-8-18(16)30)29-21(33)28-15-6-3-13(4-7-15)22(24,25)26/h3-9,12,27H,2,10-11H2,1H3,(H2,28,29,33). The summed E-state index contributed by atoms with van der Waals surface area (Å²) in [7, 11) is 0. The number of nitrogens with one attached hydrogen (secondary N) is 3. The molecule has 0 atom stereocenters. The number of carbonyl (C=O) groups is 3. The normalized spacial score (nSPS) is 11.3. The van der Waals surface area contributed by atoms with Crippen molar-refractivity contribution in [1.82, 2.24) is 9.88 Å². The molecule has 3 rings (SSSR count). The number of carbonyl (C=O) groups excluding carboxylic acids is 3. The van der Waals surface area contributed by atoms with Gasteiger partial charge >= 0.3 is 18.2 Å². The lowest BCUT2D eigenvalue weighted by atomic mass is 10.2. The van der Waals surface area contributed by atoms with Gasteiger partial charge in [0.25, 0.3) is 0 Å². The van der Waals surface area contributed by atoms with Gasteiger partial charge in [0.05, 0.1) is 36.5 Å². The van der Waals surface area contributed by atoms with Gasteiger partial charge in [-0.25, -0.2) is 9.18 Å². The van der Waals surface area contributed by atoms with Crippen LogP contribution in [0.2, 0.25) is 0 Å². The molecule has 0 aliphatic rings. The van der Waals surface area contributed by atoms with E-state index in [-0.39, 0.29) is 36.5 Å². The van der Waals surface area contributed by atoms with Crippen molar-refractivity contribution in [1.29, 1.82) is 0 Å². The molecule has 3 aromatic rings. The monoisotopic (exact) mass is 480 g/mol. The van der Waals surface area contributed by atoms with Crippen LogP contribution in [0.25, 0.3) is 10.9 Å². The Morgan fingerprint density at radius 3 is 2.35 bits per heavy atom. The number of alkyl halides is 3. The molecule has 2 amide bonds. The Bertz CT molecular complexity index is 1210. The highest BCUT2D eigenvalue weighted by Gasteiger charge is 2.30. The summed E-state index contributed by atoms with van der Waals surface area (Å²) >= 11 is 0. The molecule has 3 N–H and O–H groups in total. The number of nitrogens with zero attached hydrogens (tertiary/aromatic N) is 1. The van der Waals surface area contributed by atoms with Crippen LogP contribution in [-0.2, 0) is 15.7 Å². The smallest absolute Gasteiger partial charge is 0.416 e. The van der Waals surface area contributed by atoms with Crippen LogP contribution < -0.4 is 16.0 Å². The van der Waals surface area contributed by atoms with E-state index in [4.69, 9.17) is 4.74 Å². The van der Waals surface area contributed by atoms with E-state index in [1.54, 1.807) is 6.92 Å². The fourth-order valence-corrected chi connectivity index (χ4v) is 3.10. The lowest BCUT2D eigenvalue weighted by Crippen LogP contribution is -2.32. The summed E-state index contributed by atoms with van der Waals surface area (Å²) in [5, 5.41) is 7.71. The van der Waals surface area contributed by atoms with Crippen LogP contribution in [0, 0.1) is 5.82 Å². The molecular formula is C22H20F4N4O4. The second-order valence-corrected chi connectivity index (χ2v) is 7.03. The number of hydrogen-bond acceptors (Lipinski definition) is 5. The van der Waals surface area contributed by atoms with E-state index >= 15 is 0 Å². The van der Waals surface area contributed by atoms with Gasteiger partial charge in [-0.3, -0.25) is 19.5 Å². The maximum absolute atomic E-state index is 13.8. The van der Waals surface area contributed by atoms with Crippen molar-refractivity contribution in [2.75, 3.05) is 30.3 Å². The molecule has 12 heteroatoms. The van der Waals surface area contributed by atoms with Gasteiger partial charge in [-0.2, -0.15) is 13.2 Å². The molecule has 0 aliphatic heterocycles. The predicted molar refractivity (Wildman–Crippen MR) is 116 cm³/mol. The Kier molecular flexibility index (Phi) is 7.51. The van der Waals surface area contributed by atoms with Crippen molar-refractivity contribution in [3.05, 3.63) is 60.0 Å². The van der Waals surface area contributed by atoms with Gasteiger partial charge < -0.3 is 15.4 Å². The summed E-state index contributed by atoms with van der Waals surface area (Å²) < 4.78 is 57.8. The minimum absolute atomic E-state index is 0.0951. The van der Waals surface area contributed by atoms with E-state index in [1.165, 1.54) is 16.8 Å². The lowest BCUT2D eigenvalue weighted by Gasteiger charge is -2.09. The Morgan fingerprint density at radius 2 is 1.71 bits per heavy atom. The van der Waals surface area contributed by atoms with Gasteiger partial charge in [0.1, 0.15) is 5.82 Å². The molecular weight excluding hydrogens is 460 g/mol. The number of benzene rings is 2. The quantitative estimate of drug-likeness (QED) is 0.347. The van der Waals surface area contributed by atoms with E-state index in [9.17, 15) is 31.9 Å². The Hall–Kier alpha value is -3.93. The molecule has 8 nitrogen and oxygen atoms in total. The summed E-state index contributed by atoms with van der Waals surface area (Å²) in [5.74, 6) is -1.63. The summed E-state index contributed by atoms with van der Waals surface area (Å²) in [6.07, 6.45) is -3.23. The molecule has 0 unspecified atom stereocenters. The molecule has 180 valence electrons. The summed E-state index contributed by atoms with van der Waals surface area (Å²) in [6.45, 7) is 1.42. The maximum Gasteiger partial charge on any atom is 0.416 e. The fraction of sp³-hybridized carbons (Fsp3) is 0.227. The molecule has 1 aromatic heterocycles. The van der Waals surface area contributed by atoms with Gasteiger partial charge in [0.2, 0.25) is 5.91 Å². The Balaban J connectivity index is 1.74. The highest BCUT2D eigenvalue weighted by atomic mass is 19.4. The number of hydrogen-bond donors (Lipinski definition) is 3. The number of rotatable bonds is 7. The van der Waals surface area contributed by atoms with Crippen molar-refractivity contribution in [3.63, 3.8) is 0 Å². The van der Waals surface area contributed by atoms with Gasteiger partial charge in [-0.05, 0) is 49.4 Å².